The van der Waals surface area contributed by atoms with Crippen LogP contribution in [0.1, 0.15) is 39.5 Å². The zero-order valence-corrected chi connectivity index (χ0v) is 16.7. The SMILES string of the molecule is CC(C)C(NC(=O)C1CCC(Cn2c(=O)[nH]c3ccccc3c2=O)CC1)C(=O)O. The second kappa shape index (κ2) is 8.63. The number of aliphatic carboxylic acids is 1. The van der Waals surface area contributed by atoms with Crippen LogP contribution in [0.3, 0.4) is 0 Å². The molecule has 1 fully saturated rings. The van der Waals surface area contributed by atoms with Crippen LogP contribution in [0.4, 0.5) is 0 Å². The lowest BCUT2D eigenvalue weighted by atomic mass is 9.81. The summed E-state index contributed by atoms with van der Waals surface area (Å²) in [6.45, 7) is 3.83. The summed E-state index contributed by atoms with van der Waals surface area (Å²) < 4.78 is 1.24. The number of benzene rings is 1. The van der Waals surface area contributed by atoms with Gasteiger partial charge in [0, 0.05) is 12.5 Å². The normalized spacial score (nSPS) is 20.5. The topological polar surface area (TPSA) is 121 Å². The van der Waals surface area contributed by atoms with Gasteiger partial charge in [0.05, 0.1) is 10.9 Å². The number of H-pyrrole nitrogens is 1. The van der Waals surface area contributed by atoms with E-state index in [2.05, 4.69) is 10.3 Å². The molecule has 1 aliphatic carbocycles. The van der Waals surface area contributed by atoms with Gasteiger partial charge in [-0.15, -0.1) is 0 Å². The molecule has 156 valence electrons. The molecule has 1 aliphatic rings. The van der Waals surface area contributed by atoms with Gasteiger partial charge in [-0.2, -0.15) is 0 Å². The monoisotopic (exact) mass is 401 g/mol. The largest absolute Gasteiger partial charge is 0.480 e. The molecule has 1 aromatic heterocycles. The molecule has 29 heavy (non-hydrogen) atoms. The predicted octanol–water partition coefficient (Wildman–Crippen LogP) is 1.72. The fourth-order valence-electron chi connectivity index (χ4n) is 4.01. The Bertz CT molecular complexity index is 1010. The molecule has 3 N–H and O–H groups in total. The Kier molecular flexibility index (Phi) is 6.20. The van der Waals surface area contributed by atoms with Crippen molar-refractivity contribution in [2.24, 2.45) is 17.8 Å². The summed E-state index contributed by atoms with van der Waals surface area (Å²) in [5.74, 6) is -1.57. The van der Waals surface area contributed by atoms with Gasteiger partial charge in [-0.05, 0) is 49.7 Å². The lowest BCUT2D eigenvalue weighted by molar-refractivity contribution is -0.144. The fraction of sp³-hybridized carbons (Fsp3) is 0.524. The Morgan fingerprint density at radius 3 is 2.45 bits per heavy atom. The first kappa shape index (κ1) is 20.8. The highest BCUT2D eigenvalue weighted by atomic mass is 16.4. The zero-order chi connectivity index (χ0) is 21.1. The molecule has 0 aliphatic heterocycles. The van der Waals surface area contributed by atoms with E-state index in [0.717, 1.165) is 0 Å². The molecular formula is C21H27N3O5. The van der Waals surface area contributed by atoms with Gasteiger partial charge in [0.25, 0.3) is 5.56 Å². The molecule has 8 nitrogen and oxygen atoms in total. The quantitative estimate of drug-likeness (QED) is 0.680. The van der Waals surface area contributed by atoms with Crippen LogP contribution in [-0.2, 0) is 16.1 Å². The number of amides is 1. The summed E-state index contributed by atoms with van der Waals surface area (Å²) in [7, 11) is 0. The zero-order valence-electron chi connectivity index (χ0n) is 16.7. The summed E-state index contributed by atoms with van der Waals surface area (Å²) in [5.41, 5.74) is -0.197. The summed E-state index contributed by atoms with van der Waals surface area (Å²) in [4.78, 5) is 51.5. The van der Waals surface area contributed by atoms with E-state index in [1.165, 1.54) is 4.57 Å². The molecular weight excluding hydrogens is 374 g/mol. The van der Waals surface area contributed by atoms with Gasteiger partial charge >= 0.3 is 11.7 Å². The van der Waals surface area contributed by atoms with Crippen molar-refractivity contribution in [1.82, 2.24) is 14.9 Å². The van der Waals surface area contributed by atoms with Crippen molar-refractivity contribution in [3.63, 3.8) is 0 Å². The van der Waals surface area contributed by atoms with Gasteiger partial charge in [-0.1, -0.05) is 26.0 Å². The number of aromatic nitrogens is 2. The van der Waals surface area contributed by atoms with Gasteiger partial charge in [-0.3, -0.25) is 14.2 Å². The molecule has 1 amide bonds. The molecule has 1 atom stereocenters. The number of rotatable bonds is 6. The van der Waals surface area contributed by atoms with Crippen LogP contribution in [0.2, 0.25) is 0 Å². The van der Waals surface area contributed by atoms with Crippen molar-refractivity contribution in [3.05, 3.63) is 45.1 Å². The molecule has 0 saturated heterocycles. The van der Waals surface area contributed by atoms with Gasteiger partial charge < -0.3 is 15.4 Å². The lowest BCUT2D eigenvalue weighted by Crippen LogP contribution is -2.47. The second-order valence-electron chi connectivity index (χ2n) is 8.18. The van der Waals surface area contributed by atoms with Crippen molar-refractivity contribution >= 4 is 22.8 Å². The third kappa shape index (κ3) is 4.58. The number of carboxylic acids is 1. The number of hydrogen-bond donors (Lipinski definition) is 3. The maximum Gasteiger partial charge on any atom is 0.328 e. The van der Waals surface area contributed by atoms with Crippen molar-refractivity contribution in [2.45, 2.75) is 52.1 Å². The average molecular weight is 401 g/mol. The van der Waals surface area contributed by atoms with E-state index >= 15 is 0 Å². The van der Waals surface area contributed by atoms with Crippen LogP contribution in [-0.4, -0.2) is 32.6 Å². The Morgan fingerprint density at radius 1 is 1.17 bits per heavy atom. The molecule has 0 radical (unpaired) electrons. The van der Waals surface area contributed by atoms with Crippen LogP contribution < -0.4 is 16.6 Å². The van der Waals surface area contributed by atoms with Gasteiger partial charge in [0.2, 0.25) is 5.91 Å². The molecule has 1 aromatic carbocycles. The Balaban J connectivity index is 1.64. The van der Waals surface area contributed by atoms with E-state index in [-0.39, 0.29) is 29.2 Å². The maximum atomic E-state index is 12.7. The molecule has 3 rings (SSSR count). The number of carbonyl (C=O) groups is 2. The van der Waals surface area contributed by atoms with Crippen molar-refractivity contribution < 1.29 is 14.7 Å². The highest BCUT2D eigenvalue weighted by Gasteiger charge is 2.31. The molecule has 1 saturated carbocycles. The third-order valence-corrected chi connectivity index (χ3v) is 5.78. The van der Waals surface area contributed by atoms with Gasteiger partial charge in [0.1, 0.15) is 6.04 Å². The van der Waals surface area contributed by atoms with E-state index in [1.54, 1.807) is 38.1 Å². The van der Waals surface area contributed by atoms with E-state index in [0.29, 0.717) is 43.1 Å². The highest BCUT2D eigenvalue weighted by molar-refractivity contribution is 5.85. The Morgan fingerprint density at radius 2 is 1.83 bits per heavy atom. The van der Waals surface area contributed by atoms with Crippen molar-refractivity contribution in [1.29, 1.82) is 0 Å². The van der Waals surface area contributed by atoms with Crippen LogP contribution in [0.25, 0.3) is 10.9 Å². The van der Waals surface area contributed by atoms with Gasteiger partial charge in [0.15, 0.2) is 0 Å². The lowest BCUT2D eigenvalue weighted by Gasteiger charge is -2.29. The average Bonchev–Trinajstić information content (AvgIpc) is 2.69. The number of hydrogen-bond acceptors (Lipinski definition) is 4. The number of carboxylic acid groups (broad SMARTS) is 1. The second-order valence-corrected chi connectivity index (χ2v) is 8.18. The van der Waals surface area contributed by atoms with E-state index < -0.39 is 17.7 Å². The molecule has 1 unspecified atom stereocenters. The number of carbonyl (C=O) groups excluding carboxylic acids is 1. The number of nitrogens with one attached hydrogen (secondary N) is 2. The molecule has 8 heteroatoms. The maximum absolute atomic E-state index is 12.7. The van der Waals surface area contributed by atoms with Crippen molar-refractivity contribution in [3.8, 4) is 0 Å². The number of aromatic amines is 1. The van der Waals surface area contributed by atoms with Crippen molar-refractivity contribution in [2.75, 3.05) is 0 Å². The Hall–Kier alpha value is -2.90. The summed E-state index contributed by atoms with van der Waals surface area (Å²) in [5, 5.41) is 12.4. The first-order valence-corrected chi connectivity index (χ1v) is 10.0. The van der Waals surface area contributed by atoms with Gasteiger partial charge in [-0.25, -0.2) is 9.59 Å². The highest BCUT2D eigenvalue weighted by Crippen LogP contribution is 2.30. The minimum Gasteiger partial charge on any atom is -0.480 e. The van der Waals surface area contributed by atoms with E-state index in [4.69, 9.17) is 0 Å². The Labute approximate surface area is 167 Å². The van der Waals surface area contributed by atoms with E-state index in [9.17, 15) is 24.3 Å². The fourth-order valence-corrected chi connectivity index (χ4v) is 4.01. The van der Waals surface area contributed by atoms with Crippen LogP contribution in [0, 0.1) is 17.8 Å². The number of para-hydroxylation sites is 1. The predicted molar refractivity (Wildman–Crippen MR) is 109 cm³/mol. The van der Waals surface area contributed by atoms with Crippen LogP contribution in [0.15, 0.2) is 33.9 Å². The summed E-state index contributed by atoms with van der Waals surface area (Å²) >= 11 is 0. The first-order valence-electron chi connectivity index (χ1n) is 10.0. The third-order valence-electron chi connectivity index (χ3n) is 5.78. The number of fused-ring (bicyclic) bond motifs is 1. The standard InChI is InChI=1S/C21H27N3O5/c1-12(2)17(20(27)28)23-18(25)14-9-7-13(8-10-14)11-24-19(26)15-5-3-4-6-16(15)22-21(24)29/h3-6,12-14,17H,7-11H2,1-2H3,(H,22,29)(H,23,25)(H,27,28). The van der Waals surface area contributed by atoms with Crippen LogP contribution in [0.5, 0.6) is 0 Å². The molecule has 2 aromatic rings. The minimum absolute atomic E-state index is 0.124. The van der Waals surface area contributed by atoms with Crippen LogP contribution >= 0.6 is 0 Å². The minimum atomic E-state index is -1.03. The summed E-state index contributed by atoms with van der Waals surface area (Å²) in [6.07, 6.45) is 2.63. The number of nitrogens with zero attached hydrogens (tertiary/aromatic N) is 1. The van der Waals surface area contributed by atoms with E-state index in [1.807, 2.05) is 0 Å². The first-order chi connectivity index (χ1) is 13.8. The smallest absolute Gasteiger partial charge is 0.328 e. The molecule has 0 bridgehead atoms. The summed E-state index contributed by atoms with van der Waals surface area (Å²) in [6, 6.07) is 6.03. The molecule has 0 spiro atoms. The molecule has 1 heterocycles.